The lowest BCUT2D eigenvalue weighted by Crippen LogP contribution is -2.33. The van der Waals surface area contributed by atoms with Gasteiger partial charge in [-0.3, -0.25) is 0 Å². The van der Waals surface area contributed by atoms with E-state index in [9.17, 15) is 9.59 Å². The lowest BCUT2D eigenvalue weighted by Gasteiger charge is -2.32. The highest BCUT2D eigenvalue weighted by atomic mass is 16.5. The summed E-state index contributed by atoms with van der Waals surface area (Å²) >= 11 is 0. The summed E-state index contributed by atoms with van der Waals surface area (Å²) in [6, 6.07) is 0. The van der Waals surface area contributed by atoms with E-state index >= 15 is 0 Å². The van der Waals surface area contributed by atoms with Crippen molar-refractivity contribution in [2.24, 2.45) is 5.41 Å². The van der Waals surface area contributed by atoms with Crippen molar-refractivity contribution < 1.29 is 14.3 Å². The maximum absolute atomic E-state index is 11.2. The van der Waals surface area contributed by atoms with E-state index in [-0.39, 0.29) is 5.41 Å². The molecule has 1 rings (SSSR count). The summed E-state index contributed by atoms with van der Waals surface area (Å²) in [5, 5.41) is 2.58. The summed E-state index contributed by atoms with van der Waals surface area (Å²) < 4.78 is 5.14. The van der Waals surface area contributed by atoms with Gasteiger partial charge in [-0.05, 0) is 26.2 Å². The van der Waals surface area contributed by atoms with Crippen molar-refractivity contribution in [2.75, 3.05) is 13.2 Å². The number of carbonyl (C=O) groups is 2. The van der Waals surface area contributed by atoms with Crippen LogP contribution in [0.25, 0.3) is 0 Å². The van der Waals surface area contributed by atoms with Gasteiger partial charge >= 0.3 is 6.09 Å². The van der Waals surface area contributed by atoms with Crippen LogP contribution < -0.4 is 5.32 Å². The van der Waals surface area contributed by atoms with Gasteiger partial charge in [-0.1, -0.05) is 12.2 Å². The van der Waals surface area contributed by atoms with Crippen molar-refractivity contribution in [1.29, 1.82) is 0 Å². The zero-order valence-electron chi connectivity index (χ0n) is 9.70. The fourth-order valence-corrected chi connectivity index (χ4v) is 1.91. The molecule has 4 nitrogen and oxygen atoms in total. The molecule has 1 atom stereocenters. The number of carbonyl (C=O) groups excluding carboxylic acids is 2. The van der Waals surface area contributed by atoms with Gasteiger partial charge in [-0.25, -0.2) is 4.79 Å². The molecule has 1 N–H and O–H groups in total. The van der Waals surface area contributed by atoms with Crippen molar-refractivity contribution in [3.8, 4) is 0 Å². The van der Waals surface area contributed by atoms with Crippen LogP contribution in [0.15, 0.2) is 12.2 Å². The fraction of sp³-hybridized carbons (Fsp3) is 0.667. The van der Waals surface area contributed by atoms with Crippen molar-refractivity contribution in [2.45, 2.75) is 32.6 Å². The molecule has 1 aliphatic carbocycles. The number of hydrogen-bond acceptors (Lipinski definition) is 3. The van der Waals surface area contributed by atoms with Crippen LogP contribution in [0.4, 0.5) is 4.79 Å². The van der Waals surface area contributed by atoms with Crippen molar-refractivity contribution in [1.82, 2.24) is 5.32 Å². The molecule has 0 fully saturated rings. The Morgan fingerprint density at radius 3 is 2.94 bits per heavy atom. The van der Waals surface area contributed by atoms with Gasteiger partial charge in [-0.15, -0.1) is 0 Å². The molecule has 0 saturated carbocycles. The normalized spacial score (nSPS) is 23.8. The number of amides is 1. The molecule has 0 saturated heterocycles. The Labute approximate surface area is 96.0 Å². The van der Waals surface area contributed by atoms with Gasteiger partial charge in [0.2, 0.25) is 0 Å². The van der Waals surface area contributed by atoms with Crippen LogP contribution in [0.5, 0.6) is 0 Å². The molecule has 4 heteroatoms. The zero-order chi connectivity index (χ0) is 11.9. The van der Waals surface area contributed by atoms with Crippen LogP contribution in [0.2, 0.25) is 0 Å². The Hall–Kier alpha value is -1.32. The molecule has 0 aromatic heterocycles. The monoisotopic (exact) mass is 225 g/mol. The molecule has 1 amide bonds. The van der Waals surface area contributed by atoms with E-state index < -0.39 is 6.09 Å². The van der Waals surface area contributed by atoms with E-state index in [1.807, 2.05) is 6.92 Å². The Bertz CT molecular complexity index is 275. The number of hydrogen-bond donors (Lipinski definition) is 1. The Kier molecular flexibility index (Phi) is 5.02. The van der Waals surface area contributed by atoms with Gasteiger partial charge in [0.1, 0.15) is 6.29 Å². The second-order valence-corrected chi connectivity index (χ2v) is 4.19. The Balaban J connectivity index is 2.47. The van der Waals surface area contributed by atoms with Crippen LogP contribution in [-0.2, 0) is 9.53 Å². The third-order valence-corrected chi connectivity index (χ3v) is 2.91. The van der Waals surface area contributed by atoms with Crippen molar-refractivity contribution >= 4 is 12.4 Å². The van der Waals surface area contributed by atoms with Crippen LogP contribution >= 0.6 is 0 Å². The second kappa shape index (κ2) is 6.30. The number of ether oxygens (including phenoxy) is 1. The van der Waals surface area contributed by atoms with E-state index in [0.29, 0.717) is 19.6 Å². The van der Waals surface area contributed by atoms with Gasteiger partial charge < -0.3 is 14.8 Å². The average molecular weight is 225 g/mol. The van der Waals surface area contributed by atoms with Gasteiger partial charge in [0.15, 0.2) is 0 Å². The standard InChI is InChI=1S/C12H19NO3/c1-2-13-11(15)16-10-12(8-9-14)6-4-3-5-7-12/h3-4,9H,2,5-8,10H2,1H3,(H,13,15). The van der Waals surface area contributed by atoms with E-state index in [1.54, 1.807) is 0 Å². The van der Waals surface area contributed by atoms with Crippen LogP contribution in [-0.4, -0.2) is 25.5 Å². The smallest absolute Gasteiger partial charge is 0.407 e. The first kappa shape index (κ1) is 12.7. The van der Waals surface area contributed by atoms with Gasteiger partial charge in [-0.2, -0.15) is 0 Å². The highest BCUT2D eigenvalue weighted by Crippen LogP contribution is 2.35. The second-order valence-electron chi connectivity index (χ2n) is 4.19. The lowest BCUT2D eigenvalue weighted by atomic mass is 9.75. The maximum atomic E-state index is 11.2. The quantitative estimate of drug-likeness (QED) is 0.575. The van der Waals surface area contributed by atoms with Crippen LogP contribution in [0, 0.1) is 5.41 Å². The summed E-state index contributed by atoms with van der Waals surface area (Å²) in [5.74, 6) is 0. The summed E-state index contributed by atoms with van der Waals surface area (Å²) in [6.07, 6.45) is 7.81. The van der Waals surface area contributed by atoms with E-state index in [2.05, 4.69) is 17.5 Å². The van der Waals surface area contributed by atoms with E-state index in [0.717, 1.165) is 25.5 Å². The van der Waals surface area contributed by atoms with Crippen molar-refractivity contribution in [3.05, 3.63) is 12.2 Å². The molecule has 0 heterocycles. The Morgan fingerprint density at radius 2 is 2.38 bits per heavy atom. The van der Waals surface area contributed by atoms with Crippen LogP contribution in [0.3, 0.4) is 0 Å². The molecule has 0 aromatic rings. The molecule has 0 aliphatic heterocycles. The summed E-state index contributed by atoms with van der Waals surface area (Å²) in [7, 11) is 0. The number of alkyl carbamates (subject to hydrolysis) is 1. The summed E-state index contributed by atoms with van der Waals surface area (Å²) in [4.78, 5) is 21.9. The maximum Gasteiger partial charge on any atom is 0.407 e. The third kappa shape index (κ3) is 3.68. The van der Waals surface area contributed by atoms with Crippen LogP contribution in [0.1, 0.15) is 32.6 Å². The third-order valence-electron chi connectivity index (χ3n) is 2.91. The molecule has 0 radical (unpaired) electrons. The first-order valence-corrected chi connectivity index (χ1v) is 5.72. The first-order chi connectivity index (χ1) is 7.72. The topological polar surface area (TPSA) is 55.4 Å². The molecule has 0 spiro atoms. The molecule has 16 heavy (non-hydrogen) atoms. The number of allylic oxidation sites excluding steroid dienone is 2. The molecule has 1 unspecified atom stereocenters. The number of rotatable bonds is 5. The summed E-state index contributed by atoms with van der Waals surface area (Å²) in [6.45, 7) is 2.72. The van der Waals surface area contributed by atoms with E-state index in [1.165, 1.54) is 0 Å². The molecular weight excluding hydrogens is 206 g/mol. The largest absolute Gasteiger partial charge is 0.449 e. The van der Waals surface area contributed by atoms with Gasteiger partial charge in [0.25, 0.3) is 0 Å². The molecular formula is C12H19NO3. The zero-order valence-corrected chi connectivity index (χ0v) is 9.70. The minimum absolute atomic E-state index is 0.179. The highest BCUT2D eigenvalue weighted by molar-refractivity contribution is 5.67. The van der Waals surface area contributed by atoms with Gasteiger partial charge in [0.05, 0.1) is 6.61 Å². The predicted molar refractivity (Wildman–Crippen MR) is 61.1 cm³/mol. The molecule has 0 aromatic carbocycles. The highest BCUT2D eigenvalue weighted by Gasteiger charge is 2.31. The predicted octanol–water partition coefficient (Wildman–Crippen LogP) is 2.05. The number of nitrogens with one attached hydrogen (secondary N) is 1. The Morgan fingerprint density at radius 1 is 1.56 bits per heavy atom. The minimum Gasteiger partial charge on any atom is -0.449 e. The molecule has 90 valence electrons. The SMILES string of the molecule is CCNC(=O)OCC1(CC=O)CC=CCC1. The van der Waals surface area contributed by atoms with E-state index in [4.69, 9.17) is 4.74 Å². The van der Waals surface area contributed by atoms with Crippen molar-refractivity contribution in [3.63, 3.8) is 0 Å². The minimum atomic E-state index is -0.401. The van der Waals surface area contributed by atoms with Gasteiger partial charge in [0, 0.05) is 18.4 Å². The lowest BCUT2D eigenvalue weighted by molar-refractivity contribution is -0.110. The molecule has 0 bridgehead atoms. The fourth-order valence-electron chi connectivity index (χ4n) is 1.91. The molecule has 1 aliphatic rings. The first-order valence-electron chi connectivity index (χ1n) is 5.72. The average Bonchev–Trinajstić information content (AvgIpc) is 2.29. The summed E-state index contributed by atoms with van der Waals surface area (Å²) in [5.41, 5.74) is -0.179. The number of aldehydes is 1.